The van der Waals surface area contributed by atoms with Crippen LogP contribution in [0.5, 0.6) is 11.5 Å². The highest BCUT2D eigenvalue weighted by Crippen LogP contribution is 2.34. The minimum Gasteiger partial charge on any atom is -0.493 e. The number of amides is 1. The number of rotatable bonds is 9. The van der Waals surface area contributed by atoms with Gasteiger partial charge in [-0.1, -0.05) is 43.7 Å². The standard InChI is InChI=1S/C23H25FN2O4/c1-3-4-12-30-21-19(29-2)11-10-16-13-17(23(28)26-20(16)21)22(27)25-14-18(24)15-8-6-5-7-9-15/h5-11,13,18H,3-4,12,14H2,1-2H3,(H,25,27)(H,26,28). The molecule has 158 valence electrons. The van der Waals surface area contributed by atoms with Gasteiger partial charge in [0.25, 0.3) is 11.5 Å². The number of fused-ring (bicyclic) bond motifs is 1. The summed E-state index contributed by atoms with van der Waals surface area (Å²) in [4.78, 5) is 27.8. The fraction of sp³-hybridized carbons (Fsp3) is 0.304. The van der Waals surface area contributed by atoms with E-state index < -0.39 is 17.6 Å². The second-order valence-corrected chi connectivity index (χ2v) is 6.86. The molecule has 1 unspecified atom stereocenters. The maximum Gasteiger partial charge on any atom is 0.261 e. The van der Waals surface area contributed by atoms with Crippen LogP contribution in [0, 0.1) is 0 Å². The van der Waals surface area contributed by atoms with Gasteiger partial charge in [-0.2, -0.15) is 0 Å². The van der Waals surface area contributed by atoms with Crippen molar-refractivity contribution in [1.29, 1.82) is 0 Å². The van der Waals surface area contributed by atoms with Crippen LogP contribution in [0.2, 0.25) is 0 Å². The minimum atomic E-state index is -1.36. The van der Waals surface area contributed by atoms with Crippen LogP contribution in [-0.2, 0) is 0 Å². The van der Waals surface area contributed by atoms with Gasteiger partial charge in [0.05, 0.1) is 25.8 Å². The lowest BCUT2D eigenvalue weighted by atomic mass is 10.1. The van der Waals surface area contributed by atoms with Crippen molar-refractivity contribution in [3.05, 3.63) is 70.0 Å². The topological polar surface area (TPSA) is 80.4 Å². The van der Waals surface area contributed by atoms with Crippen LogP contribution in [0.3, 0.4) is 0 Å². The number of H-pyrrole nitrogens is 1. The molecule has 0 aliphatic heterocycles. The van der Waals surface area contributed by atoms with Crippen LogP contribution < -0.4 is 20.3 Å². The van der Waals surface area contributed by atoms with Crippen molar-refractivity contribution < 1.29 is 18.7 Å². The van der Waals surface area contributed by atoms with Gasteiger partial charge in [0.15, 0.2) is 11.5 Å². The molecule has 0 aliphatic carbocycles. The Bertz CT molecular complexity index is 1070. The predicted molar refractivity (Wildman–Crippen MR) is 114 cm³/mol. The van der Waals surface area contributed by atoms with Crippen molar-refractivity contribution in [3.63, 3.8) is 0 Å². The van der Waals surface area contributed by atoms with E-state index in [-0.39, 0.29) is 12.1 Å². The zero-order valence-electron chi connectivity index (χ0n) is 17.0. The molecule has 0 saturated heterocycles. The van der Waals surface area contributed by atoms with E-state index in [1.165, 1.54) is 13.2 Å². The van der Waals surface area contributed by atoms with Crippen LogP contribution in [-0.4, -0.2) is 31.2 Å². The SMILES string of the molecule is CCCCOc1c(OC)ccc2cc(C(=O)NCC(F)c3ccccc3)c(=O)[nH]c12. The lowest BCUT2D eigenvalue weighted by molar-refractivity contribution is 0.0940. The number of halogens is 1. The first-order valence-electron chi connectivity index (χ1n) is 9.89. The number of aromatic nitrogens is 1. The van der Waals surface area contributed by atoms with Crippen molar-refractivity contribution in [2.45, 2.75) is 25.9 Å². The second-order valence-electron chi connectivity index (χ2n) is 6.86. The third kappa shape index (κ3) is 4.79. The van der Waals surface area contributed by atoms with Crippen LogP contribution in [0.15, 0.2) is 53.3 Å². The molecule has 2 N–H and O–H groups in total. The number of hydrogen-bond donors (Lipinski definition) is 2. The number of nitrogens with one attached hydrogen (secondary N) is 2. The Morgan fingerprint density at radius 3 is 2.67 bits per heavy atom. The normalized spacial score (nSPS) is 11.8. The van der Waals surface area contributed by atoms with Crippen molar-refractivity contribution >= 4 is 16.8 Å². The van der Waals surface area contributed by atoms with Crippen molar-refractivity contribution in [1.82, 2.24) is 10.3 Å². The van der Waals surface area contributed by atoms with E-state index in [2.05, 4.69) is 17.2 Å². The Morgan fingerprint density at radius 1 is 1.20 bits per heavy atom. The highest BCUT2D eigenvalue weighted by atomic mass is 19.1. The average molecular weight is 412 g/mol. The van der Waals surface area contributed by atoms with Gasteiger partial charge in [-0.15, -0.1) is 0 Å². The molecule has 2 aromatic carbocycles. The summed E-state index contributed by atoms with van der Waals surface area (Å²) < 4.78 is 25.5. The fourth-order valence-electron chi connectivity index (χ4n) is 3.08. The molecule has 6 nitrogen and oxygen atoms in total. The van der Waals surface area contributed by atoms with Crippen LogP contribution in [0.25, 0.3) is 10.9 Å². The van der Waals surface area contributed by atoms with Crippen molar-refractivity contribution in [3.8, 4) is 11.5 Å². The third-order valence-electron chi connectivity index (χ3n) is 4.75. The number of aromatic amines is 1. The first-order valence-corrected chi connectivity index (χ1v) is 9.89. The summed E-state index contributed by atoms with van der Waals surface area (Å²) in [5.41, 5.74) is 0.252. The number of pyridine rings is 1. The minimum absolute atomic E-state index is 0.0903. The second kappa shape index (κ2) is 9.91. The van der Waals surface area contributed by atoms with Gasteiger partial charge in [0.1, 0.15) is 11.7 Å². The summed E-state index contributed by atoms with van der Waals surface area (Å²) in [5, 5.41) is 3.11. The third-order valence-corrected chi connectivity index (χ3v) is 4.75. The number of alkyl halides is 1. The average Bonchev–Trinajstić information content (AvgIpc) is 2.77. The maximum absolute atomic E-state index is 14.3. The molecule has 3 rings (SSSR count). The number of ether oxygens (including phenoxy) is 2. The molecular weight excluding hydrogens is 387 g/mol. The quantitative estimate of drug-likeness (QED) is 0.517. The summed E-state index contributed by atoms with van der Waals surface area (Å²) in [6.07, 6.45) is 0.459. The molecule has 30 heavy (non-hydrogen) atoms. The molecule has 0 aliphatic rings. The Balaban J connectivity index is 1.83. The zero-order valence-corrected chi connectivity index (χ0v) is 17.0. The van der Waals surface area contributed by atoms with Gasteiger partial charge in [-0.05, 0) is 30.2 Å². The monoisotopic (exact) mass is 412 g/mol. The molecular formula is C23H25FN2O4. The van der Waals surface area contributed by atoms with E-state index >= 15 is 0 Å². The maximum atomic E-state index is 14.3. The molecule has 1 heterocycles. The number of carbonyl (C=O) groups excluding carboxylic acids is 1. The van der Waals surface area contributed by atoms with E-state index in [1.54, 1.807) is 42.5 Å². The molecule has 3 aromatic rings. The molecule has 1 amide bonds. The summed E-state index contributed by atoms with van der Waals surface area (Å²) in [6, 6.07) is 13.5. The first-order chi connectivity index (χ1) is 14.5. The molecule has 0 saturated carbocycles. The van der Waals surface area contributed by atoms with Crippen LogP contribution >= 0.6 is 0 Å². The van der Waals surface area contributed by atoms with Gasteiger partial charge in [0, 0.05) is 5.39 Å². The Morgan fingerprint density at radius 2 is 1.97 bits per heavy atom. The number of carbonyl (C=O) groups is 1. The molecule has 0 fully saturated rings. The number of hydrogen-bond acceptors (Lipinski definition) is 4. The van der Waals surface area contributed by atoms with E-state index in [1.807, 2.05) is 0 Å². The number of unbranched alkanes of at least 4 members (excludes halogenated alkanes) is 1. The Labute approximate surface area is 174 Å². The molecule has 0 radical (unpaired) electrons. The summed E-state index contributed by atoms with van der Waals surface area (Å²) in [6.45, 7) is 2.30. The van der Waals surface area contributed by atoms with E-state index in [0.717, 1.165) is 12.8 Å². The molecule has 0 bridgehead atoms. The van der Waals surface area contributed by atoms with Gasteiger partial charge >= 0.3 is 0 Å². The summed E-state index contributed by atoms with van der Waals surface area (Å²) >= 11 is 0. The highest BCUT2D eigenvalue weighted by molar-refractivity contribution is 5.98. The molecule has 1 atom stereocenters. The lowest BCUT2D eigenvalue weighted by Crippen LogP contribution is -2.31. The van der Waals surface area contributed by atoms with E-state index in [4.69, 9.17) is 9.47 Å². The van der Waals surface area contributed by atoms with E-state index in [9.17, 15) is 14.0 Å². The predicted octanol–water partition coefficient (Wildman–Crippen LogP) is 4.16. The van der Waals surface area contributed by atoms with Crippen LogP contribution in [0.1, 0.15) is 41.9 Å². The first kappa shape index (κ1) is 21.4. The smallest absolute Gasteiger partial charge is 0.261 e. The molecule has 0 spiro atoms. The Hall–Kier alpha value is -3.35. The summed E-state index contributed by atoms with van der Waals surface area (Å²) in [7, 11) is 1.52. The van der Waals surface area contributed by atoms with Crippen molar-refractivity contribution in [2.75, 3.05) is 20.3 Å². The van der Waals surface area contributed by atoms with Gasteiger partial charge < -0.3 is 19.8 Å². The number of benzene rings is 2. The molecule has 7 heteroatoms. The van der Waals surface area contributed by atoms with Gasteiger partial charge in [-0.3, -0.25) is 9.59 Å². The van der Waals surface area contributed by atoms with Gasteiger partial charge in [0.2, 0.25) is 0 Å². The van der Waals surface area contributed by atoms with E-state index in [0.29, 0.717) is 34.6 Å². The zero-order chi connectivity index (χ0) is 21.5. The number of methoxy groups -OCH3 is 1. The van der Waals surface area contributed by atoms with Crippen molar-refractivity contribution in [2.24, 2.45) is 0 Å². The summed E-state index contributed by atoms with van der Waals surface area (Å²) in [5.74, 6) is 0.288. The fourth-order valence-corrected chi connectivity index (χ4v) is 3.08. The van der Waals surface area contributed by atoms with Crippen LogP contribution in [0.4, 0.5) is 4.39 Å². The lowest BCUT2D eigenvalue weighted by Gasteiger charge is -2.14. The Kier molecular flexibility index (Phi) is 7.06. The highest BCUT2D eigenvalue weighted by Gasteiger charge is 2.18. The van der Waals surface area contributed by atoms with Gasteiger partial charge in [-0.25, -0.2) is 4.39 Å². The largest absolute Gasteiger partial charge is 0.493 e. The molecule has 1 aromatic heterocycles.